The molecule has 25 heavy (non-hydrogen) atoms. The zero-order valence-electron chi connectivity index (χ0n) is 13.6. The van der Waals surface area contributed by atoms with Crippen molar-refractivity contribution in [3.05, 3.63) is 77.3 Å². The van der Waals surface area contributed by atoms with E-state index in [0.717, 1.165) is 16.9 Å². The van der Waals surface area contributed by atoms with E-state index >= 15 is 0 Å². The number of benzene rings is 2. The van der Waals surface area contributed by atoms with E-state index in [9.17, 15) is 0 Å². The van der Waals surface area contributed by atoms with Gasteiger partial charge in [-0.1, -0.05) is 53.1 Å². The highest BCUT2D eigenvalue weighted by atomic mass is 35.5. The predicted octanol–water partition coefficient (Wildman–Crippen LogP) is 3.70. The first kappa shape index (κ1) is 17.0. The van der Waals surface area contributed by atoms with Crippen molar-refractivity contribution in [2.45, 2.75) is 19.7 Å². The number of ether oxygens (including phenoxy) is 1. The van der Waals surface area contributed by atoms with Gasteiger partial charge >= 0.3 is 0 Å². The summed E-state index contributed by atoms with van der Waals surface area (Å²) < 4.78 is 7.60. The summed E-state index contributed by atoms with van der Waals surface area (Å²) in [6.07, 6.45) is 1.74. The van der Waals surface area contributed by atoms with Gasteiger partial charge in [0.25, 0.3) is 0 Å². The van der Waals surface area contributed by atoms with Crippen LogP contribution in [0.2, 0.25) is 5.02 Å². The van der Waals surface area contributed by atoms with Gasteiger partial charge in [-0.3, -0.25) is 0 Å². The van der Waals surface area contributed by atoms with E-state index in [1.165, 1.54) is 0 Å². The third kappa shape index (κ3) is 4.58. The Kier molecular flexibility index (Phi) is 5.64. The lowest BCUT2D eigenvalue weighted by molar-refractivity contribution is 0.303. The molecule has 0 bridgehead atoms. The van der Waals surface area contributed by atoms with Gasteiger partial charge in [-0.15, -0.1) is 6.58 Å². The zero-order valence-corrected chi connectivity index (χ0v) is 14.4. The van der Waals surface area contributed by atoms with Gasteiger partial charge in [0.2, 0.25) is 5.95 Å². The average Bonchev–Trinajstić information content (AvgIpc) is 3.08. The number of anilines is 1. The number of nitrogens with zero attached hydrogens (tertiary/aromatic N) is 4. The van der Waals surface area contributed by atoms with Crippen LogP contribution in [0.5, 0.6) is 5.75 Å². The molecule has 0 aliphatic heterocycles. The number of halogens is 1. The van der Waals surface area contributed by atoms with Crippen molar-refractivity contribution in [2.24, 2.45) is 0 Å². The second-order valence-electron chi connectivity index (χ2n) is 5.35. The van der Waals surface area contributed by atoms with Gasteiger partial charge in [0, 0.05) is 17.1 Å². The topological polar surface area (TPSA) is 64.9 Å². The van der Waals surface area contributed by atoms with Gasteiger partial charge in [0.1, 0.15) is 12.4 Å². The Morgan fingerprint density at radius 2 is 1.96 bits per heavy atom. The molecule has 0 spiro atoms. The lowest BCUT2D eigenvalue weighted by Crippen LogP contribution is -2.09. The summed E-state index contributed by atoms with van der Waals surface area (Å²) in [6.45, 7) is 5.27. The van der Waals surface area contributed by atoms with Crippen LogP contribution < -0.4 is 10.1 Å². The number of tetrazole rings is 1. The number of para-hydroxylation sites is 1. The molecule has 2 aromatic carbocycles. The molecule has 0 unspecified atom stereocenters. The van der Waals surface area contributed by atoms with Crippen LogP contribution in [0.3, 0.4) is 0 Å². The van der Waals surface area contributed by atoms with Gasteiger partial charge in [-0.05, 0) is 34.2 Å². The molecular weight excluding hydrogens is 338 g/mol. The lowest BCUT2D eigenvalue weighted by atomic mass is 10.2. The molecule has 0 saturated heterocycles. The molecule has 7 heteroatoms. The Morgan fingerprint density at radius 3 is 2.76 bits per heavy atom. The summed E-state index contributed by atoms with van der Waals surface area (Å²) in [5.41, 5.74) is 2.08. The van der Waals surface area contributed by atoms with E-state index in [-0.39, 0.29) is 0 Å². The highest BCUT2D eigenvalue weighted by Crippen LogP contribution is 2.21. The first-order chi connectivity index (χ1) is 12.3. The quantitative estimate of drug-likeness (QED) is 0.624. The number of nitrogens with one attached hydrogen (secondary N) is 1. The number of hydrogen-bond donors (Lipinski definition) is 1. The van der Waals surface area contributed by atoms with E-state index in [2.05, 4.69) is 27.4 Å². The molecule has 0 fully saturated rings. The van der Waals surface area contributed by atoms with Crippen LogP contribution in [0.15, 0.2) is 61.2 Å². The Labute approximate surface area is 151 Å². The van der Waals surface area contributed by atoms with Gasteiger partial charge < -0.3 is 10.1 Å². The van der Waals surface area contributed by atoms with E-state index in [4.69, 9.17) is 16.3 Å². The van der Waals surface area contributed by atoms with Gasteiger partial charge in [-0.25, -0.2) is 4.68 Å². The summed E-state index contributed by atoms with van der Waals surface area (Å²) in [5.74, 6) is 1.40. The monoisotopic (exact) mass is 355 g/mol. The fourth-order valence-corrected chi connectivity index (χ4v) is 2.41. The normalized spacial score (nSPS) is 10.4. The van der Waals surface area contributed by atoms with E-state index in [1.54, 1.807) is 10.8 Å². The maximum atomic E-state index is 5.95. The molecule has 3 aromatic rings. The van der Waals surface area contributed by atoms with Crippen LogP contribution in [0.25, 0.3) is 0 Å². The van der Waals surface area contributed by atoms with Crippen molar-refractivity contribution >= 4 is 17.5 Å². The fourth-order valence-electron chi connectivity index (χ4n) is 2.28. The van der Waals surface area contributed by atoms with Crippen LogP contribution in [-0.4, -0.2) is 20.2 Å². The second-order valence-corrected chi connectivity index (χ2v) is 5.79. The molecule has 128 valence electrons. The third-order valence-corrected chi connectivity index (χ3v) is 3.80. The molecule has 0 amide bonds. The summed E-state index contributed by atoms with van der Waals surface area (Å²) >= 11 is 5.91. The molecule has 0 aliphatic carbocycles. The molecule has 0 radical (unpaired) electrons. The van der Waals surface area contributed by atoms with Crippen molar-refractivity contribution in [1.29, 1.82) is 0 Å². The van der Waals surface area contributed by atoms with Crippen molar-refractivity contribution in [3.63, 3.8) is 0 Å². The van der Waals surface area contributed by atoms with Gasteiger partial charge in [-0.2, -0.15) is 0 Å². The lowest BCUT2D eigenvalue weighted by Gasteiger charge is -2.12. The van der Waals surface area contributed by atoms with Crippen molar-refractivity contribution < 1.29 is 4.74 Å². The maximum absolute atomic E-state index is 5.95. The van der Waals surface area contributed by atoms with Crippen LogP contribution in [-0.2, 0) is 19.7 Å². The fraction of sp³-hybridized carbons (Fsp3) is 0.167. The maximum Gasteiger partial charge on any atom is 0.243 e. The molecule has 0 aliphatic rings. The first-order valence-corrected chi connectivity index (χ1v) is 8.20. The SMILES string of the molecule is C=CCn1nnnc1NCc1ccccc1OCc1ccc(Cl)cc1. The Morgan fingerprint density at radius 1 is 1.16 bits per heavy atom. The minimum atomic E-state index is 0.475. The minimum absolute atomic E-state index is 0.475. The predicted molar refractivity (Wildman–Crippen MR) is 97.6 cm³/mol. The van der Waals surface area contributed by atoms with Crippen LogP contribution >= 0.6 is 11.6 Å². The third-order valence-electron chi connectivity index (χ3n) is 3.55. The highest BCUT2D eigenvalue weighted by molar-refractivity contribution is 6.30. The summed E-state index contributed by atoms with van der Waals surface area (Å²) in [5, 5.41) is 15.5. The zero-order chi connectivity index (χ0) is 17.5. The van der Waals surface area contributed by atoms with Crippen molar-refractivity contribution in [2.75, 3.05) is 5.32 Å². The van der Waals surface area contributed by atoms with E-state index in [1.807, 2.05) is 48.5 Å². The van der Waals surface area contributed by atoms with Crippen molar-refractivity contribution in [1.82, 2.24) is 20.2 Å². The number of rotatable bonds is 8. The van der Waals surface area contributed by atoms with Crippen LogP contribution in [0.4, 0.5) is 5.95 Å². The van der Waals surface area contributed by atoms with E-state index in [0.29, 0.717) is 30.7 Å². The van der Waals surface area contributed by atoms with Gasteiger partial charge in [0.05, 0.1) is 6.54 Å². The Bertz CT molecular complexity index is 831. The minimum Gasteiger partial charge on any atom is -0.489 e. The number of hydrogen-bond acceptors (Lipinski definition) is 5. The Balaban J connectivity index is 1.65. The number of allylic oxidation sites excluding steroid dienone is 1. The number of aromatic nitrogens is 4. The summed E-state index contributed by atoms with van der Waals surface area (Å²) in [4.78, 5) is 0. The second kappa shape index (κ2) is 8.30. The smallest absolute Gasteiger partial charge is 0.243 e. The molecule has 1 N–H and O–H groups in total. The molecule has 1 heterocycles. The van der Waals surface area contributed by atoms with Crippen molar-refractivity contribution in [3.8, 4) is 5.75 Å². The molecule has 3 rings (SSSR count). The van der Waals surface area contributed by atoms with Crippen LogP contribution in [0.1, 0.15) is 11.1 Å². The largest absolute Gasteiger partial charge is 0.489 e. The molecule has 0 atom stereocenters. The molecule has 0 saturated carbocycles. The highest BCUT2D eigenvalue weighted by Gasteiger charge is 2.07. The molecule has 6 nitrogen and oxygen atoms in total. The summed E-state index contributed by atoms with van der Waals surface area (Å²) in [7, 11) is 0. The standard InChI is InChI=1S/C18H18ClN5O/c1-2-11-24-18(21-22-23-24)20-12-15-5-3-4-6-17(15)25-13-14-7-9-16(19)10-8-14/h2-10H,1,11-13H2,(H,20,21,23). The van der Waals surface area contributed by atoms with E-state index < -0.39 is 0 Å². The van der Waals surface area contributed by atoms with Crippen LogP contribution in [0, 0.1) is 0 Å². The van der Waals surface area contributed by atoms with Gasteiger partial charge in [0.15, 0.2) is 0 Å². The Hall–Kier alpha value is -2.86. The molecule has 1 aromatic heterocycles. The first-order valence-electron chi connectivity index (χ1n) is 7.82. The molecular formula is C18H18ClN5O. The average molecular weight is 356 g/mol. The summed E-state index contributed by atoms with van der Waals surface area (Å²) in [6, 6.07) is 15.5.